The molecule has 0 aliphatic rings. The van der Waals surface area contributed by atoms with E-state index in [2.05, 4.69) is 0 Å². The van der Waals surface area contributed by atoms with Crippen molar-refractivity contribution in [2.24, 2.45) is 0 Å². The predicted octanol–water partition coefficient (Wildman–Crippen LogP) is 2.23. The molecule has 0 radical (unpaired) electrons. The van der Waals surface area contributed by atoms with Crippen LogP contribution < -0.4 is 4.79 Å². The lowest BCUT2D eigenvalue weighted by atomic mass is 10.3. The van der Waals surface area contributed by atoms with Gasteiger partial charge in [0.05, 0.1) is 4.48 Å². The fourth-order valence-corrected chi connectivity index (χ4v) is 1.97. The number of para-hydroxylation sites is 1. The van der Waals surface area contributed by atoms with Gasteiger partial charge in [0.25, 0.3) is 10.5 Å². The molecule has 0 amide bonds. The minimum Gasteiger partial charge on any atom is -0.0631 e. The van der Waals surface area contributed by atoms with Crippen molar-refractivity contribution in [1.82, 2.24) is 0 Å². The van der Waals surface area contributed by atoms with Crippen LogP contribution in [0.4, 0.5) is 4.48 Å². The molecular formula is C8H7FNS+. The molecule has 3 heteroatoms. The smallest absolute Gasteiger partial charge is 0.0631 e. The van der Waals surface area contributed by atoms with E-state index in [1.54, 1.807) is 13.0 Å². The Kier molecular flexibility index (Phi) is 1.39. The number of benzene rings is 1. The molecule has 2 rings (SSSR count). The van der Waals surface area contributed by atoms with Crippen molar-refractivity contribution in [3.05, 3.63) is 29.3 Å². The third kappa shape index (κ3) is 0.922. The number of hydrogen-bond acceptors (Lipinski definition) is 1. The molecule has 0 unspecified atom stereocenters. The van der Waals surface area contributed by atoms with E-state index < -0.39 is 0 Å². The number of halogens is 1. The average molecular weight is 168 g/mol. The summed E-state index contributed by atoms with van der Waals surface area (Å²) in [7, 11) is 0. The molecule has 1 aromatic carbocycles. The first-order valence-electron chi connectivity index (χ1n) is 3.35. The van der Waals surface area contributed by atoms with Crippen LogP contribution in [0.15, 0.2) is 24.3 Å². The highest BCUT2D eigenvalue weighted by Crippen LogP contribution is 2.18. The largest absolute Gasteiger partial charge is 0.283 e. The van der Waals surface area contributed by atoms with E-state index in [1.165, 1.54) is 11.3 Å². The van der Waals surface area contributed by atoms with Gasteiger partial charge in [-0.05, 0) is 6.07 Å². The first-order chi connectivity index (χ1) is 5.29. The van der Waals surface area contributed by atoms with E-state index in [1.807, 2.05) is 18.2 Å². The molecule has 2 aromatic rings. The van der Waals surface area contributed by atoms with Crippen molar-refractivity contribution in [3.8, 4) is 0 Å². The van der Waals surface area contributed by atoms with Gasteiger partial charge in [0, 0.05) is 17.8 Å². The van der Waals surface area contributed by atoms with E-state index >= 15 is 0 Å². The van der Waals surface area contributed by atoms with Crippen LogP contribution in [0.5, 0.6) is 0 Å². The summed E-state index contributed by atoms with van der Waals surface area (Å²) in [4.78, 5) is 0.722. The number of fused-ring (bicyclic) bond motifs is 1. The first-order valence-corrected chi connectivity index (χ1v) is 4.17. The Morgan fingerprint density at radius 3 is 2.82 bits per heavy atom. The van der Waals surface area contributed by atoms with E-state index in [0.717, 1.165) is 9.49 Å². The number of rotatable bonds is 0. The van der Waals surface area contributed by atoms with Crippen LogP contribution in [0.1, 0.15) is 5.01 Å². The maximum absolute atomic E-state index is 13.1. The molecule has 0 aliphatic carbocycles. The summed E-state index contributed by atoms with van der Waals surface area (Å²) in [5.74, 6) is 0. The Hall–Kier alpha value is -0.960. The molecule has 56 valence electrons. The van der Waals surface area contributed by atoms with Gasteiger partial charge in [0.1, 0.15) is 4.70 Å². The van der Waals surface area contributed by atoms with Crippen LogP contribution in [0.25, 0.3) is 10.2 Å². The Balaban J connectivity index is 2.92. The van der Waals surface area contributed by atoms with Crippen molar-refractivity contribution >= 4 is 21.6 Å². The lowest BCUT2D eigenvalue weighted by molar-refractivity contribution is -0.823. The molecule has 0 N–H and O–H groups in total. The molecule has 0 spiro atoms. The fourth-order valence-electron chi connectivity index (χ4n) is 1.07. The zero-order valence-corrected chi connectivity index (χ0v) is 6.86. The van der Waals surface area contributed by atoms with Gasteiger partial charge < -0.3 is 0 Å². The summed E-state index contributed by atoms with van der Waals surface area (Å²) in [5, 5.41) is 0.686. The number of hydrogen-bond donors (Lipinski definition) is 0. The molecule has 1 nitrogen and oxygen atoms in total. The summed E-state index contributed by atoms with van der Waals surface area (Å²) in [6.07, 6.45) is 0. The van der Waals surface area contributed by atoms with Crippen LogP contribution in [0.3, 0.4) is 0 Å². The van der Waals surface area contributed by atoms with Crippen molar-refractivity contribution in [2.75, 3.05) is 0 Å². The highest BCUT2D eigenvalue weighted by Gasteiger charge is 2.16. The molecule has 1 aromatic heterocycles. The average Bonchev–Trinajstić information content (AvgIpc) is 2.30. The van der Waals surface area contributed by atoms with Gasteiger partial charge in [0.2, 0.25) is 0 Å². The third-order valence-electron chi connectivity index (χ3n) is 1.61. The van der Waals surface area contributed by atoms with Crippen molar-refractivity contribution < 1.29 is 9.27 Å². The fraction of sp³-hybridized carbons (Fsp3) is 0.125. The highest BCUT2D eigenvalue weighted by molar-refractivity contribution is 7.18. The maximum atomic E-state index is 13.1. The number of aryl methyl sites for hydroxylation is 1. The Bertz CT molecular complexity index is 394. The zero-order valence-electron chi connectivity index (χ0n) is 6.04. The van der Waals surface area contributed by atoms with Gasteiger partial charge >= 0.3 is 0 Å². The van der Waals surface area contributed by atoms with Crippen LogP contribution in [0, 0.1) is 6.92 Å². The second-order valence-corrected chi connectivity index (χ2v) is 3.60. The molecule has 0 fully saturated rings. The summed E-state index contributed by atoms with van der Waals surface area (Å²) < 4.78 is 14.1. The Labute approximate surface area is 67.6 Å². The van der Waals surface area contributed by atoms with Gasteiger partial charge in [-0.15, -0.1) is 0 Å². The molecule has 1 heterocycles. The van der Waals surface area contributed by atoms with Crippen molar-refractivity contribution in [2.45, 2.75) is 6.92 Å². The van der Waals surface area contributed by atoms with E-state index in [4.69, 9.17) is 0 Å². The standard InChI is InChI=1S/C8H7FNS/c1-6-10(9)7-4-2-3-5-8(7)11-6/h2-5H,1H3/q+1. The van der Waals surface area contributed by atoms with E-state index in [-0.39, 0.29) is 0 Å². The summed E-state index contributed by atoms with van der Waals surface area (Å²) in [6, 6.07) is 7.45. The summed E-state index contributed by atoms with van der Waals surface area (Å²) in [5.41, 5.74) is 0.662. The second-order valence-electron chi connectivity index (χ2n) is 2.37. The predicted molar refractivity (Wildman–Crippen MR) is 43.3 cm³/mol. The first kappa shape index (κ1) is 6.73. The van der Waals surface area contributed by atoms with E-state index in [0.29, 0.717) is 10.5 Å². The van der Waals surface area contributed by atoms with Crippen LogP contribution in [-0.4, -0.2) is 0 Å². The highest BCUT2D eigenvalue weighted by atomic mass is 32.1. The van der Waals surface area contributed by atoms with E-state index in [9.17, 15) is 4.48 Å². The lowest BCUT2D eigenvalue weighted by Gasteiger charge is -1.77. The van der Waals surface area contributed by atoms with Gasteiger partial charge in [-0.1, -0.05) is 23.5 Å². The van der Waals surface area contributed by atoms with Gasteiger partial charge in [-0.2, -0.15) is 0 Å². The molecular weight excluding hydrogens is 161 g/mol. The lowest BCUT2D eigenvalue weighted by Crippen LogP contribution is -2.22. The Morgan fingerprint density at radius 1 is 1.36 bits per heavy atom. The van der Waals surface area contributed by atoms with Gasteiger partial charge in [-0.25, -0.2) is 0 Å². The zero-order chi connectivity index (χ0) is 7.84. The summed E-state index contributed by atoms with van der Waals surface area (Å²) in [6.45, 7) is 1.77. The summed E-state index contributed by atoms with van der Waals surface area (Å²) >= 11 is 1.47. The topological polar surface area (TPSA) is 3.88 Å². The van der Waals surface area contributed by atoms with Crippen molar-refractivity contribution in [3.63, 3.8) is 0 Å². The molecule has 0 bridgehead atoms. The van der Waals surface area contributed by atoms with Crippen LogP contribution in [0.2, 0.25) is 0 Å². The monoisotopic (exact) mass is 168 g/mol. The minimum absolute atomic E-state index is 0.662. The van der Waals surface area contributed by atoms with Crippen molar-refractivity contribution in [1.29, 1.82) is 0 Å². The maximum Gasteiger partial charge on any atom is 0.283 e. The number of nitrogens with zero attached hydrogens (tertiary/aromatic N) is 1. The van der Waals surface area contributed by atoms with Crippen LogP contribution in [-0.2, 0) is 0 Å². The SMILES string of the molecule is Cc1sc2ccccc2[n+]1F. The quantitative estimate of drug-likeness (QED) is 0.568. The molecule has 0 aliphatic heterocycles. The molecule has 0 atom stereocenters. The van der Waals surface area contributed by atoms with Gasteiger partial charge in [-0.3, -0.25) is 0 Å². The van der Waals surface area contributed by atoms with Crippen LogP contribution >= 0.6 is 11.3 Å². The normalized spacial score (nSPS) is 10.7. The minimum atomic E-state index is 0.662. The second kappa shape index (κ2) is 2.27. The Morgan fingerprint density at radius 2 is 2.09 bits per heavy atom. The molecule has 11 heavy (non-hydrogen) atoms. The number of thiazole rings is 1. The number of aromatic nitrogens is 1. The molecule has 0 saturated carbocycles. The van der Waals surface area contributed by atoms with Gasteiger partial charge in [0.15, 0.2) is 0 Å². The third-order valence-corrected chi connectivity index (χ3v) is 2.63. The molecule has 0 saturated heterocycles.